The second-order valence-corrected chi connectivity index (χ2v) is 4.22. The van der Waals surface area contributed by atoms with Crippen LogP contribution in [0.4, 0.5) is 11.9 Å². The van der Waals surface area contributed by atoms with Crippen molar-refractivity contribution < 1.29 is 9.84 Å². The molecule has 1 heterocycles. The molecule has 8 heteroatoms. The fourth-order valence-electron chi connectivity index (χ4n) is 1.40. The summed E-state index contributed by atoms with van der Waals surface area (Å²) in [7, 11) is 0. The van der Waals surface area contributed by atoms with Gasteiger partial charge in [-0.3, -0.25) is 0 Å². The second-order valence-electron chi connectivity index (χ2n) is 3.89. The molecule has 0 saturated heterocycles. The number of aliphatic hydroxyl groups excluding tert-OH is 1. The third kappa shape index (κ3) is 4.59. The molecule has 0 spiro atoms. The first-order chi connectivity index (χ1) is 8.54. The van der Waals surface area contributed by atoms with Crippen molar-refractivity contribution in [1.82, 2.24) is 15.0 Å². The Labute approximate surface area is 111 Å². The predicted octanol–water partition coefficient (Wildman–Crippen LogP) is 0.331. The highest BCUT2D eigenvalue weighted by molar-refractivity contribution is 6.28. The zero-order chi connectivity index (χ0) is 13.5. The van der Waals surface area contributed by atoms with E-state index in [1.54, 1.807) is 0 Å². The first-order valence-corrected chi connectivity index (χ1v) is 6.04. The molecule has 0 aliphatic carbocycles. The van der Waals surface area contributed by atoms with E-state index in [0.29, 0.717) is 25.7 Å². The molecule has 18 heavy (non-hydrogen) atoms. The normalized spacial score (nSPS) is 10.9. The lowest BCUT2D eigenvalue weighted by atomic mass is 10.3. The number of aliphatic hydroxyl groups is 1. The molecule has 0 bridgehead atoms. The van der Waals surface area contributed by atoms with E-state index in [-0.39, 0.29) is 23.9 Å². The van der Waals surface area contributed by atoms with Crippen molar-refractivity contribution in [3.8, 4) is 0 Å². The van der Waals surface area contributed by atoms with Gasteiger partial charge in [0.2, 0.25) is 17.2 Å². The number of hydrogen-bond donors (Lipinski definition) is 2. The Kier molecular flexibility index (Phi) is 6.03. The monoisotopic (exact) mass is 275 g/mol. The Hall–Kier alpha value is -1.18. The summed E-state index contributed by atoms with van der Waals surface area (Å²) in [5, 5.41) is 8.69. The SMILES string of the molecule is CC(C)N(CCOCCO)c1nc(N)nc(Cl)n1. The first-order valence-electron chi connectivity index (χ1n) is 5.67. The van der Waals surface area contributed by atoms with Gasteiger partial charge in [-0.25, -0.2) is 0 Å². The summed E-state index contributed by atoms with van der Waals surface area (Å²) < 4.78 is 5.22. The molecule has 0 amide bonds. The number of aromatic nitrogens is 3. The maximum absolute atomic E-state index is 8.62. The van der Waals surface area contributed by atoms with Crippen molar-refractivity contribution in [3.63, 3.8) is 0 Å². The van der Waals surface area contributed by atoms with Crippen LogP contribution in [0.3, 0.4) is 0 Å². The maximum Gasteiger partial charge on any atom is 0.231 e. The molecule has 7 nitrogen and oxygen atoms in total. The lowest BCUT2D eigenvalue weighted by Crippen LogP contribution is -2.35. The van der Waals surface area contributed by atoms with Gasteiger partial charge in [0.1, 0.15) is 0 Å². The van der Waals surface area contributed by atoms with Crippen molar-refractivity contribution in [2.75, 3.05) is 37.0 Å². The summed E-state index contributed by atoms with van der Waals surface area (Å²) in [5.74, 6) is 0.516. The molecule has 1 rings (SSSR count). The Bertz CT molecular complexity index is 357. The molecule has 0 radical (unpaired) electrons. The van der Waals surface area contributed by atoms with Crippen LogP contribution in [0.5, 0.6) is 0 Å². The van der Waals surface area contributed by atoms with Crippen LogP contribution >= 0.6 is 11.6 Å². The molecule has 3 N–H and O–H groups in total. The highest BCUT2D eigenvalue weighted by Gasteiger charge is 2.15. The molecule has 0 saturated carbocycles. The van der Waals surface area contributed by atoms with Gasteiger partial charge in [0.25, 0.3) is 0 Å². The van der Waals surface area contributed by atoms with Crippen molar-refractivity contribution >= 4 is 23.5 Å². The molecule has 0 aliphatic rings. The highest BCUT2D eigenvalue weighted by atomic mass is 35.5. The van der Waals surface area contributed by atoms with Crippen molar-refractivity contribution in [1.29, 1.82) is 0 Å². The molecular weight excluding hydrogens is 258 g/mol. The molecule has 0 fully saturated rings. The predicted molar refractivity (Wildman–Crippen MR) is 69.6 cm³/mol. The van der Waals surface area contributed by atoms with E-state index in [4.69, 9.17) is 27.2 Å². The molecule has 0 unspecified atom stereocenters. The average Bonchev–Trinajstić information content (AvgIpc) is 2.27. The molecule has 0 aromatic carbocycles. The third-order valence-electron chi connectivity index (χ3n) is 2.21. The summed E-state index contributed by atoms with van der Waals surface area (Å²) in [5.41, 5.74) is 5.54. The molecule has 0 aliphatic heterocycles. The number of anilines is 2. The van der Waals surface area contributed by atoms with E-state index in [1.807, 2.05) is 18.7 Å². The summed E-state index contributed by atoms with van der Waals surface area (Å²) >= 11 is 5.75. The molecule has 1 aromatic heterocycles. The van der Waals surface area contributed by atoms with Crippen molar-refractivity contribution in [3.05, 3.63) is 5.28 Å². The van der Waals surface area contributed by atoms with Gasteiger partial charge in [0.05, 0.1) is 19.8 Å². The quantitative estimate of drug-likeness (QED) is 0.692. The minimum atomic E-state index is 0.00616. The summed E-state index contributed by atoms with van der Waals surface area (Å²) in [4.78, 5) is 13.7. The number of nitrogen functional groups attached to an aromatic ring is 1. The van der Waals surface area contributed by atoms with Crippen LogP contribution in [0.1, 0.15) is 13.8 Å². The van der Waals surface area contributed by atoms with Crippen molar-refractivity contribution in [2.24, 2.45) is 0 Å². The topological polar surface area (TPSA) is 97.4 Å². The van der Waals surface area contributed by atoms with E-state index >= 15 is 0 Å². The largest absolute Gasteiger partial charge is 0.394 e. The van der Waals surface area contributed by atoms with Gasteiger partial charge >= 0.3 is 0 Å². The second kappa shape index (κ2) is 7.30. The van der Waals surface area contributed by atoms with Crippen LogP contribution in [-0.4, -0.2) is 52.5 Å². The zero-order valence-corrected chi connectivity index (χ0v) is 11.3. The summed E-state index contributed by atoms with van der Waals surface area (Å²) in [6.07, 6.45) is 0. The standard InChI is InChI=1S/C10H18ClN5O2/c1-7(2)16(3-5-18-6-4-17)10-14-8(11)13-9(12)15-10/h7,17H,3-6H2,1-2H3,(H2,12,13,14,15). The van der Waals surface area contributed by atoms with Gasteiger partial charge < -0.3 is 20.5 Å². The van der Waals surface area contributed by atoms with Gasteiger partial charge in [0.15, 0.2) is 0 Å². The number of hydrogen-bond acceptors (Lipinski definition) is 7. The van der Waals surface area contributed by atoms with Gasteiger partial charge in [-0.15, -0.1) is 0 Å². The average molecular weight is 276 g/mol. The van der Waals surface area contributed by atoms with Gasteiger partial charge in [-0.2, -0.15) is 15.0 Å². The summed E-state index contributed by atoms with van der Waals surface area (Å²) in [6.45, 7) is 5.36. The van der Waals surface area contributed by atoms with Gasteiger partial charge in [-0.05, 0) is 25.4 Å². The fraction of sp³-hybridized carbons (Fsp3) is 0.700. The van der Waals surface area contributed by atoms with E-state index < -0.39 is 0 Å². The van der Waals surface area contributed by atoms with Gasteiger partial charge in [-0.1, -0.05) is 0 Å². The molecule has 1 aromatic rings. The van der Waals surface area contributed by atoms with Crippen LogP contribution in [-0.2, 0) is 4.74 Å². The number of ether oxygens (including phenoxy) is 1. The minimum Gasteiger partial charge on any atom is -0.394 e. The molecule has 102 valence electrons. The van der Waals surface area contributed by atoms with Crippen LogP contribution in [0.2, 0.25) is 5.28 Å². The third-order valence-corrected chi connectivity index (χ3v) is 2.38. The van der Waals surface area contributed by atoms with Crippen LogP contribution in [0.15, 0.2) is 0 Å². The molecule has 0 atom stereocenters. The number of rotatable bonds is 7. The fourth-order valence-corrected chi connectivity index (χ4v) is 1.56. The van der Waals surface area contributed by atoms with Crippen molar-refractivity contribution in [2.45, 2.75) is 19.9 Å². The molecular formula is C10H18ClN5O2. The Morgan fingerprint density at radius 2 is 2.06 bits per heavy atom. The van der Waals surface area contributed by atoms with Crippen LogP contribution in [0, 0.1) is 0 Å². The van der Waals surface area contributed by atoms with E-state index in [0.717, 1.165) is 0 Å². The first kappa shape index (κ1) is 14.9. The van der Waals surface area contributed by atoms with Gasteiger partial charge in [0, 0.05) is 12.6 Å². The van der Waals surface area contributed by atoms with Crippen LogP contribution in [0.25, 0.3) is 0 Å². The Morgan fingerprint density at radius 3 is 2.61 bits per heavy atom. The van der Waals surface area contributed by atoms with E-state index in [9.17, 15) is 0 Å². The minimum absolute atomic E-state index is 0.00616. The summed E-state index contributed by atoms with van der Waals surface area (Å²) in [6, 6.07) is 0.167. The smallest absolute Gasteiger partial charge is 0.231 e. The number of nitrogens with two attached hydrogens (primary N) is 1. The lowest BCUT2D eigenvalue weighted by Gasteiger charge is -2.26. The van der Waals surface area contributed by atoms with Crippen LogP contribution < -0.4 is 10.6 Å². The number of nitrogens with zero attached hydrogens (tertiary/aromatic N) is 4. The Balaban J connectivity index is 2.71. The zero-order valence-electron chi connectivity index (χ0n) is 10.5. The van der Waals surface area contributed by atoms with E-state index in [1.165, 1.54) is 0 Å². The number of halogens is 1. The maximum atomic E-state index is 8.62. The highest BCUT2D eigenvalue weighted by Crippen LogP contribution is 2.14. The van der Waals surface area contributed by atoms with E-state index in [2.05, 4.69) is 15.0 Å². The lowest BCUT2D eigenvalue weighted by molar-refractivity contribution is 0.0960. The Morgan fingerprint density at radius 1 is 1.33 bits per heavy atom.